The Balaban J connectivity index is 1.54. The standard InChI is InChI=1S/C20H20N2O2/c1-14-12-16(22-10-4-5-11-22)8-9-17(14)21-20(23)19-13-15-6-2-3-7-18(15)24-19/h2-3,6-9,12-13H,4-5,10-11H2,1H3,(H,21,23). The Morgan fingerprint density at radius 3 is 2.62 bits per heavy atom. The van der Waals surface area contributed by atoms with Crippen molar-refractivity contribution in [1.82, 2.24) is 0 Å². The van der Waals surface area contributed by atoms with E-state index in [-0.39, 0.29) is 5.91 Å². The highest BCUT2D eigenvalue weighted by molar-refractivity contribution is 6.05. The lowest BCUT2D eigenvalue weighted by Crippen LogP contribution is -2.18. The third kappa shape index (κ3) is 2.75. The average molecular weight is 320 g/mol. The first-order valence-electron chi connectivity index (χ1n) is 8.36. The van der Waals surface area contributed by atoms with E-state index in [2.05, 4.69) is 22.3 Å². The van der Waals surface area contributed by atoms with Crippen molar-refractivity contribution in [3.05, 3.63) is 59.9 Å². The van der Waals surface area contributed by atoms with Crippen LogP contribution in [0.5, 0.6) is 0 Å². The monoisotopic (exact) mass is 320 g/mol. The third-order valence-electron chi connectivity index (χ3n) is 4.58. The Kier molecular flexibility index (Phi) is 3.73. The minimum atomic E-state index is -0.219. The highest BCUT2D eigenvalue weighted by Gasteiger charge is 2.16. The number of hydrogen-bond donors (Lipinski definition) is 1. The molecule has 1 aromatic heterocycles. The van der Waals surface area contributed by atoms with Gasteiger partial charge in [0.1, 0.15) is 5.58 Å². The summed E-state index contributed by atoms with van der Waals surface area (Å²) >= 11 is 0. The first-order valence-corrected chi connectivity index (χ1v) is 8.36. The van der Waals surface area contributed by atoms with Gasteiger partial charge in [-0.2, -0.15) is 0 Å². The molecule has 1 aliphatic rings. The first-order chi connectivity index (χ1) is 11.7. The summed E-state index contributed by atoms with van der Waals surface area (Å²) in [4.78, 5) is 14.8. The smallest absolute Gasteiger partial charge is 0.291 e. The molecule has 1 N–H and O–H groups in total. The molecule has 4 rings (SSSR count). The molecule has 1 fully saturated rings. The van der Waals surface area contributed by atoms with Crippen molar-refractivity contribution in [3.63, 3.8) is 0 Å². The van der Waals surface area contributed by atoms with Gasteiger partial charge in [-0.25, -0.2) is 0 Å². The van der Waals surface area contributed by atoms with Crippen LogP contribution in [0.25, 0.3) is 11.0 Å². The Morgan fingerprint density at radius 2 is 1.88 bits per heavy atom. The number of rotatable bonds is 3. The van der Waals surface area contributed by atoms with Crippen LogP contribution < -0.4 is 10.2 Å². The second-order valence-corrected chi connectivity index (χ2v) is 6.30. The van der Waals surface area contributed by atoms with Gasteiger partial charge >= 0.3 is 0 Å². The molecule has 0 unspecified atom stereocenters. The molecule has 122 valence electrons. The molecule has 0 atom stereocenters. The SMILES string of the molecule is Cc1cc(N2CCCC2)ccc1NC(=O)c1cc2ccccc2o1. The molecular formula is C20H20N2O2. The van der Waals surface area contributed by atoms with Gasteiger partial charge in [0.15, 0.2) is 5.76 Å². The largest absolute Gasteiger partial charge is 0.451 e. The van der Waals surface area contributed by atoms with Gasteiger partial charge in [0, 0.05) is 29.9 Å². The van der Waals surface area contributed by atoms with Crippen molar-refractivity contribution < 1.29 is 9.21 Å². The van der Waals surface area contributed by atoms with Crippen molar-refractivity contribution in [3.8, 4) is 0 Å². The molecule has 3 aromatic rings. The van der Waals surface area contributed by atoms with Crippen LogP contribution in [0.2, 0.25) is 0 Å². The number of carbonyl (C=O) groups excluding carboxylic acids is 1. The maximum absolute atomic E-state index is 12.5. The number of hydrogen-bond acceptors (Lipinski definition) is 3. The molecule has 4 nitrogen and oxygen atoms in total. The van der Waals surface area contributed by atoms with Crippen molar-refractivity contribution in [2.45, 2.75) is 19.8 Å². The molecule has 0 saturated carbocycles. The topological polar surface area (TPSA) is 45.5 Å². The van der Waals surface area contributed by atoms with E-state index in [1.54, 1.807) is 6.07 Å². The summed E-state index contributed by atoms with van der Waals surface area (Å²) in [6.07, 6.45) is 2.51. The lowest BCUT2D eigenvalue weighted by Gasteiger charge is -2.19. The number of carbonyl (C=O) groups is 1. The van der Waals surface area contributed by atoms with Crippen LogP contribution in [0, 0.1) is 6.92 Å². The minimum absolute atomic E-state index is 0.219. The van der Waals surface area contributed by atoms with Gasteiger partial charge in [-0.05, 0) is 55.7 Å². The van der Waals surface area contributed by atoms with Crippen LogP contribution in [-0.4, -0.2) is 19.0 Å². The summed E-state index contributed by atoms with van der Waals surface area (Å²) in [7, 11) is 0. The van der Waals surface area contributed by atoms with E-state index in [9.17, 15) is 4.79 Å². The van der Waals surface area contributed by atoms with Gasteiger partial charge in [0.05, 0.1) is 0 Å². The summed E-state index contributed by atoms with van der Waals surface area (Å²) in [5.41, 5.74) is 3.84. The highest BCUT2D eigenvalue weighted by Crippen LogP contribution is 2.26. The van der Waals surface area contributed by atoms with E-state index in [0.29, 0.717) is 5.76 Å². The molecule has 1 aliphatic heterocycles. The normalized spacial score (nSPS) is 14.3. The molecule has 4 heteroatoms. The molecule has 24 heavy (non-hydrogen) atoms. The first kappa shape index (κ1) is 14.8. The lowest BCUT2D eigenvalue weighted by atomic mass is 10.1. The Bertz CT molecular complexity index is 859. The predicted octanol–water partition coefficient (Wildman–Crippen LogP) is 4.59. The maximum atomic E-state index is 12.5. The Morgan fingerprint density at radius 1 is 1.08 bits per heavy atom. The molecule has 1 saturated heterocycles. The van der Waals surface area contributed by atoms with Gasteiger partial charge in [-0.1, -0.05) is 18.2 Å². The molecular weight excluding hydrogens is 300 g/mol. The van der Waals surface area contributed by atoms with Crippen LogP contribution in [0.1, 0.15) is 29.0 Å². The molecule has 1 amide bonds. The number of furan rings is 1. The second-order valence-electron chi connectivity index (χ2n) is 6.30. The molecule has 0 aliphatic carbocycles. The van der Waals surface area contributed by atoms with E-state index in [1.807, 2.05) is 37.3 Å². The van der Waals surface area contributed by atoms with E-state index in [4.69, 9.17) is 4.42 Å². The zero-order valence-corrected chi connectivity index (χ0v) is 13.7. The molecule has 0 spiro atoms. The number of benzene rings is 2. The number of fused-ring (bicyclic) bond motifs is 1. The molecule has 0 bridgehead atoms. The number of aryl methyl sites for hydroxylation is 1. The average Bonchev–Trinajstić information content (AvgIpc) is 3.26. The van der Waals surface area contributed by atoms with E-state index in [1.165, 1.54) is 18.5 Å². The number of amides is 1. The predicted molar refractivity (Wildman–Crippen MR) is 96.8 cm³/mol. The van der Waals surface area contributed by atoms with E-state index >= 15 is 0 Å². The fourth-order valence-electron chi connectivity index (χ4n) is 3.24. The van der Waals surface area contributed by atoms with Crippen LogP contribution in [-0.2, 0) is 0 Å². The lowest BCUT2D eigenvalue weighted by molar-refractivity contribution is 0.0998. The van der Waals surface area contributed by atoms with Gasteiger partial charge < -0.3 is 14.6 Å². The van der Waals surface area contributed by atoms with Crippen molar-refractivity contribution in [2.75, 3.05) is 23.3 Å². The molecule has 2 aromatic carbocycles. The van der Waals surface area contributed by atoms with Crippen molar-refractivity contribution in [1.29, 1.82) is 0 Å². The van der Waals surface area contributed by atoms with E-state index < -0.39 is 0 Å². The van der Waals surface area contributed by atoms with Gasteiger partial charge in [-0.15, -0.1) is 0 Å². The van der Waals surface area contributed by atoms with Gasteiger partial charge in [-0.3, -0.25) is 4.79 Å². The molecule has 2 heterocycles. The van der Waals surface area contributed by atoms with Crippen LogP contribution in [0.3, 0.4) is 0 Å². The van der Waals surface area contributed by atoms with E-state index in [0.717, 1.165) is 35.3 Å². The second kappa shape index (κ2) is 6.04. The fraction of sp³-hybridized carbons (Fsp3) is 0.250. The fourth-order valence-corrected chi connectivity index (χ4v) is 3.24. The summed E-state index contributed by atoms with van der Waals surface area (Å²) in [6, 6.07) is 15.6. The maximum Gasteiger partial charge on any atom is 0.291 e. The summed E-state index contributed by atoms with van der Waals surface area (Å²) in [5, 5.41) is 3.89. The number of para-hydroxylation sites is 1. The van der Waals surface area contributed by atoms with Crippen LogP contribution >= 0.6 is 0 Å². The Hall–Kier alpha value is -2.75. The Labute approximate surface area is 141 Å². The van der Waals surface area contributed by atoms with Crippen molar-refractivity contribution >= 4 is 28.3 Å². The van der Waals surface area contributed by atoms with Crippen LogP contribution in [0.15, 0.2) is 52.9 Å². The number of nitrogens with zero attached hydrogens (tertiary/aromatic N) is 1. The number of nitrogens with one attached hydrogen (secondary N) is 1. The minimum Gasteiger partial charge on any atom is -0.451 e. The summed E-state index contributed by atoms with van der Waals surface area (Å²) in [5.74, 6) is 0.113. The quantitative estimate of drug-likeness (QED) is 0.767. The third-order valence-corrected chi connectivity index (χ3v) is 4.58. The number of anilines is 2. The summed E-state index contributed by atoms with van der Waals surface area (Å²) < 4.78 is 5.63. The van der Waals surface area contributed by atoms with Gasteiger partial charge in [0.2, 0.25) is 0 Å². The van der Waals surface area contributed by atoms with Gasteiger partial charge in [0.25, 0.3) is 5.91 Å². The van der Waals surface area contributed by atoms with Crippen molar-refractivity contribution in [2.24, 2.45) is 0 Å². The zero-order chi connectivity index (χ0) is 16.5. The summed E-state index contributed by atoms with van der Waals surface area (Å²) in [6.45, 7) is 4.25. The highest BCUT2D eigenvalue weighted by atomic mass is 16.3. The van der Waals surface area contributed by atoms with Crippen LogP contribution in [0.4, 0.5) is 11.4 Å². The molecule has 0 radical (unpaired) electrons. The zero-order valence-electron chi connectivity index (χ0n) is 13.7.